The Hall–Kier alpha value is -2.78. The molecule has 1 aliphatic heterocycles. The van der Waals surface area contributed by atoms with E-state index in [4.69, 9.17) is 9.73 Å². The minimum Gasteiger partial charge on any atom is -0.382 e. The zero-order valence-electron chi connectivity index (χ0n) is 18.9. The number of thioether (sulfide) groups is 1. The lowest BCUT2D eigenvalue weighted by atomic mass is 10.1. The molecule has 0 spiro atoms. The van der Waals surface area contributed by atoms with Crippen LogP contribution in [0.3, 0.4) is 0 Å². The first kappa shape index (κ1) is 24.9. The van der Waals surface area contributed by atoms with E-state index in [0.29, 0.717) is 37.4 Å². The Morgan fingerprint density at radius 2 is 1.94 bits per heavy atom. The van der Waals surface area contributed by atoms with Gasteiger partial charge in [-0.2, -0.15) is 0 Å². The number of aryl methyl sites for hydroxylation is 2. The number of amidine groups is 1. The van der Waals surface area contributed by atoms with Crippen molar-refractivity contribution in [3.8, 4) is 0 Å². The Balaban J connectivity index is 1.77. The van der Waals surface area contributed by atoms with Crippen LogP contribution in [0, 0.1) is 25.5 Å². The van der Waals surface area contributed by atoms with E-state index in [2.05, 4.69) is 5.32 Å². The number of hydrogen-bond acceptors (Lipinski definition) is 5. The predicted octanol–water partition coefficient (Wildman–Crippen LogP) is 4.97. The number of nitrogens with one attached hydrogen (secondary N) is 1. The van der Waals surface area contributed by atoms with Crippen LogP contribution >= 0.6 is 11.8 Å². The molecule has 0 aliphatic carbocycles. The molecule has 1 fully saturated rings. The van der Waals surface area contributed by atoms with E-state index in [0.717, 1.165) is 28.9 Å². The van der Waals surface area contributed by atoms with Crippen molar-refractivity contribution >= 4 is 40.1 Å². The van der Waals surface area contributed by atoms with Crippen LogP contribution in [-0.2, 0) is 14.3 Å². The Kier molecular flexibility index (Phi) is 8.57. The number of carbonyl (C=O) groups is 2. The molecule has 1 heterocycles. The fraction of sp³-hybridized carbons (Fsp3) is 0.375. The highest BCUT2D eigenvalue weighted by atomic mass is 32.2. The summed E-state index contributed by atoms with van der Waals surface area (Å²) in [7, 11) is 0. The molecule has 1 aliphatic rings. The van der Waals surface area contributed by atoms with Crippen LogP contribution in [0.15, 0.2) is 41.4 Å². The maximum Gasteiger partial charge on any atom is 0.242 e. The molecule has 9 heteroatoms. The maximum absolute atomic E-state index is 13.9. The summed E-state index contributed by atoms with van der Waals surface area (Å²) in [6.45, 7) is 7.33. The number of nitrogens with zero attached hydrogens (tertiary/aromatic N) is 2. The normalized spacial score (nSPS) is 17.1. The molecule has 2 amide bonds. The van der Waals surface area contributed by atoms with Crippen LogP contribution in [0.25, 0.3) is 0 Å². The predicted molar refractivity (Wildman–Crippen MR) is 127 cm³/mol. The number of carbonyl (C=O) groups excluding carboxylic acids is 2. The van der Waals surface area contributed by atoms with Crippen molar-refractivity contribution in [2.24, 2.45) is 4.99 Å². The van der Waals surface area contributed by atoms with E-state index in [1.54, 1.807) is 4.90 Å². The van der Waals surface area contributed by atoms with Crippen LogP contribution in [0.2, 0.25) is 0 Å². The third-order valence-electron chi connectivity index (χ3n) is 5.12. The SMILES string of the molecule is CCOCCCN1C(=O)C(CC(=O)Nc2ccc(F)cc2F)SC1=Nc1c(C)cccc1C. The summed E-state index contributed by atoms with van der Waals surface area (Å²) in [5, 5.41) is 2.25. The number of halogens is 2. The van der Waals surface area contributed by atoms with Gasteiger partial charge in [-0.1, -0.05) is 30.0 Å². The smallest absolute Gasteiger partial charge is 0.242 e. The number of benzene rings is 2. The zero-order chi connectivity index (χ0) is 24.0. The zero-order valence-corrected chi connectivity index (χ0v) is 19.7. The van der Waals surface area contributed by atoms with Crippen molar-refractivity contribution < 1.29 is 23.1 Å². The van der Waals surface area contributed by atoms with E-state index in [-0.39, 0.29) is 18.0 Å². The van der Waals surface area contributed by atoms with Gasteiger partial charge in [0.2, 0.25) is 11.8 Å². The lowest BCUT2D eigenvalue weighted by molar-refractivity contribution is -0.128. The highest BCUT2D eigenvalue weighted by molar-refractivity contribution is 8.15. The molecule has 1 atom stereocenters. The lowest BCUT2D eigenvalue weighted by Gasteiger charge is -2.17. The molecule has 1 saturated heterocycles. The lowest BCUT2D eigenvalue weighted by Crippen LogP contribution is -2.34. The monoisotopic (exact) mass is 475 g/mol. The minimum atomic E-state index is -0.872. The Morgan fingerprint density at radius 3 is 2.61 bits per heavy atom. The molecule has 0 aromatic heterocycles. The van der Waals surface area contributed by atoms with Gasteiger partial charge in [-0.15, -0.1) is 0 Å². The molecule has 0 radical (unpaired) electrons. The van der Waals surface area contributed by atoms with Crippen molar-refractivity contribution in [3.63, 3.8) is 0 Å². The average Bonchev–Trinajstić information content (AvgIpc) is 3.04. The van der Waals surface area contributed by atoms with Crippen molar-refractivity contribution in [1.29, 1.82) is 0 Å². The van der Waals surface area contributed by atoms with E-state index in [1.807, 2.05) is 39.0 Å². The molecular weight excluding hydrogens is 448 g/mol. The number of hydrogen-bond donors (Lipinski definition) is 1. The molecule has 6 nitrogen and oxygen atoms in total. The van der Waals surface area contributed by atoms with Crippen LogP contribution in [0.1, 0.15) is 30.9 Å². The Bertz CT molecular complexity index is 1040. The first-order chi connectivity index (χ1) is 15.8. The number of ether oxygens (including phenoxy) is 1. The van der Waals surface area contributed by atoms with Gasteiger partial charge in [0.25, 0.3) is 0 Å². The van der Waals surface area contributed by atoms with Crippen molar-refractivity contribution in [3.05, 3.63) is 59.2 Å². The van der Waals surface area contributed by atoms with Gasteiger partial charge in [-0.25, -0.2) is 13.8 Å². The first-order valence-corrected chi connectivity index (χ1v) is 11.6. The summed E-state index contributed by atoms with van der Waals surface area (Å²) >= 11 is 1.22. The fourth-order valence-corrected chi connectivity index (χ4v) is 4.61. The van der Waals surface area contributed by atoms with Gasteiger partial charge in [0.1, 0.15) is 16.9 Å². The molecule has 0 bridgehead atoms. The second-order valence-corrected chi connectivity index (χ2v) is 8.83. The Morgan fingerprint density at radius 1 is 1.21 bits per heavy atom. The molecule has 1 N–H and O–H groups in total. The van der Waals surface area contributed by atoms with Gasteiger partial charge in [0, 0.05) is 32.2 Å². The van der Waals surface area contributed by atoms with E-state index in [1.165, 1.54) is 11.8 Å². The number of rotatable bonds is 9. The van der Waals surface area contributed by atoms with Crippen LogP contribution in [-0.4, -0.2) is 46.9 Å². The summed E-state index contributed by atoms with van der Waals surface area (Å²) in [4.78, 5) is 32.0. The quantitative estimate of drug-likeness (QED) is 0.520. The van der Waals surface area contributed by atoms with Crippen LogP contribution in [0.5, 0.6) is 0 Å². The van der Waals surface area contributed by atoms with E-state index < -0.39 is 22.8 Å². The largest absolute Gasteiger partial charge is 0.382 e. The topological polar surface area (TPSA) is 71.0 Å². The van der Waals surface area contributed by atoms with Gasteiger partial charge in [0.15, 0.2) is 5.17 Å². The molecule has 3 rings (SSSR count). The first-order valence-electron chi connectivity index (χ1n) is 10.8. The van der Waals surface area contributed by atoms with Gasteiger partial charge >= 0.3 is 0 Å². The number of amides is 2. The van der Waals surface area contributed by atoms with Gasteiger partial charge in [0.05, 0.1) is 11.4 Å². The van der Waals surface area contributed by atoms with Gasteiger partial charge in [-0.05, 0) is 50.5 Å². The van der Waals surface area contributed by atoms with Crippen LogP contribution in [0.4, 0.5) is 20.2 Å². The highest BCUT2D eigenvalue weighted by Gasteiger charge is 2.39. The van der Waals surface area contributed by atoms with Crippen molar-refractivity contribution in [2.45, 2.75) is 38.9 Å². The second kappa shape index (κ2) is 11.4. The number of para-hydroxylation sites is 1. The van der Waals surface area contributed by atoms with Crippen molar-refractivity contribution in [1.82, 2.24) is 4.90 Å². The minimum absolute atomic E-state index is 0.130. The van der Waals surface area contributed by atoms with Gasteiger partial charge in [-0.3, -0.25) is 14.5 Å². The second-order valence-electron chi connectivity index (χ2n) is 7.66. The summed E-state index contributed by atoms with van der Waals surface area (Å²) < 4.78 is 32.4. The molecule has 0 saturated carbocycles. The summed E-state index contributed by atoms with van der Waals surface area (Å²) in [6.07, 6.45) is 0.472. The molecular formula is C24H27F2N3O3S. The van der Waals surface area contributed by atoms with Crippen LogP contribution < -0.4 is 5.32 Å². The standard InChI is InChI=1S/C24H27F2N3O3S/c1-4-32-12-6-11-29-23(31)20(14-21(30)27-19-10-9-17(25)13-18(19)26)33-24(29)28-22-15(2)7-5-8-16(22)3/h5,7-10,13,20H,4,6,11-12,14H2,1-3H3,(H,27,30). The summed E-state index contributed by atoms with van der Waals surface area (Å²) in [6, 6.07) is 8.76. The summed E-state index contributed by atoms with van der Waals surface area (Å²) in [5.41, 5.74) is 2.63. The fourth-order valence-electron chi connectivity index (χ4n) is 3.44. The third-order valence-corrected chi connectivity index (χ3v) is 6.29. The van der Waals surface area contributed by atoms with E-state index in [9.17, 15) is 18.4 Å². The summed E-state index contributed by atoms with van der Waals surface area (Å²) in [5.74, 6) is -2.36. The van der Waals surface area contributed by atoms with Gasteiger partial charge < -0.3 is 10.1 Å². The molecule has 33 heavy (non-hydrogen) atoms. The van der Waals surface area contributed by atoms with E-state index >= 15 is 0 Å². The molecule has 2 aromatic rings. The highest BCUT2D eigenvalue weighted by Crippen LogP contribution is 2.34. The molecule has 1 unspecified atom stereocenters. The molecule has 2 aromatic carbocycles. The molecule has 176 valence electrons. The third kappa shape index (κ3) is 6.39. The number of anilines is 1. The number of aliphatic imine (C=N–C) groups is 1. The van der Waals surface area contributed by atoms with Crippen molar-refractivity contribution in [2.75, 3.05) is 25.1 Å². The maximum atomic E-state index is 13.9. The Labute approximate surface area is 196 Å². The average molecular weight is 476 g/mol.